The molecule has 1 saturated heterocycles. The van der Waals surface area contributed by atoms with Crippen LogP contribution in [0.5, 0.6) is 11.5 Å². The molecule has 1 heterocycles. The maximum Gasteiger partial charge on any atom is 0.326 e. The number of hydrogen-bond acceptors (Lipinski definition) is 4. The van der Waals surface area contributed by atoms with E-state index in [1.54, 1.807) is 12.1 Å². The molecule has 0 aromatic heterocycles. The van der Waals surface area contributed by atoms with Crippen molar-refractivity contribution in [1.82, 2.24) is 10.6 Å². The highest BCUT2D eigenvalue weighted by molar-refractivity contribution is 6.32. The van der Waals surface area contributed by atoms with Gasteiger partial charge in [0, 0.05) is 6.07 Å². The number of carbonyl (C=O) groups is 2. The maximum atomic E-state index is 11.5. The van der Waals surface area contributed by atoms with E-state index >= 15 is 0 Å². The molecule has 0 bridgehead atoms. The second kappa shape index (κ2) is 6.49. The van der Waals surface area contributed by atoms with Gasteiger partial charge in [-0.3, -0.25) is 10.1 Å². The number of benzene rings is 1. The van der Waals surface area contributed by atoms with Gasteiger partial charge in [-0.15, -0.1) is 0 Å². The van der Waals surface area contributed by atoms with Crippen LogP contribution in [0.25, 0.3) is 6.08 Å². The van der Waals surface area contributed by atoms with Crippen molar-refractivity contribution in [2.75, 3.05) is 13.2 Å². The molecule has 0 saturated carbocycles. The second-order valence-corrected chi connectivity index (χ2v) is 4.56. The summed E-state index contributed by atoms with van der Waals surface area (Å²) in [5, 5.41) is 4.92. The van der Waals surface area contributed by atoms with E-state index < -0.39 is 11.9 Å². The Morgan fingerprint density at radius 1 is 1.10 bits per heavy atom. The Balaban J connectivity index is 2.40. The van der Waals surface area contributed by atoms with Crippen LogP contribution in [0.1, 0.15) is 19.4 Å². The summed E-state index contributed by atoms with van der Waals surface area (Å²) in [6, 6.07) is 2.73. The van der Waals surface area contributed by atoms with Crippen LogP contribution >= 0.6 is 11.6 Å². The van der Waals surface area contributed by atoms with Gasteiger partial charge >= 0.3 is 6.03 Å². The van der Waals surface area contributed by atoms with E-state index in [9.17, 15) is 9.59 Å². The number of carbonyl (C=O) groups excluding carboxylic acids is 2. The maximum absolute atomic E-state index is 11.5. The van der Waals surface area contributed by atoms with E-state index in [0.29, 0.717) is 35.3 Å². The minimum Gasteiger partial charge on any atom is -0.490 e. The number of halogens is 1. The van der Waals surface area contributed by atoms with Gasteiger partial charge in [-0.05, 0) is 31.6 Å². The van der Waals surface area contributed by atoms with Crippen molar-refractivity contribution in [3.8, 4) is 11.5 Å². The molecule has 1 aliphatic rings. The number of amides is 3. The lowest BCUT2D eigenvalue weighted by Crippen LogP contribution is -2.22. The summed E-state index contributed by atoms with van der Waals surface area (Å²) in [5.74, 6) is 0.564. The summed E-state index contributed by atoms with van der Waals surface area (Å²) in [7, 11) is 0. The van der Waals surface area contributed by atoms with Crippen LogP contribution < -0.4 is 20.1 Å². The minimum atomic E-state index is -0.557. The standard InChI is InChI=1S/C14H15ClN2O4/c1-3-20-11-6-8(9(15)7-12(11)21-4-2)5-10-13(18)17-14(19)16-10/h5-7H,3-4H2,1-2H3,(H2,16,17,18,19)/b10-5-. The number of ether oxygens (including phenoxy) is 2. The van der Waals surface area contributed by atoms with E-state index in [1.807, 2.05) is 13.8 Å². The van der Waals surface area contributed by atoms with Crippen LogP contribution in [0.3, 0.4) is 0 Å². The quantitative estimate of drug-likeness (QED) is 0.646. The van der Waals surface area contributed by atoms with Gasteiger partial charge in [0.15, 0.2) is 11.5 Å². The Morgan fingerprint density at radius 2 is 1.71 bits per heavy atom. The van der Waals surface area contributed by atoms with Crippen LogP contribution in [0.15, 0.2) is 17.8 Å². The van der Waals surface area contributed by atoms with Crippen molar-refractivity contribution in [1.29, 1.82) is 0 Å². The highest BCUT2D eigenvalue weighted by atomic mass is 35.5. The summed E-state index contributed by atoms with van der Waals surface area (Å²) in [6.07, 6.45) is 1.49. The third-order valence-corrected chi connectivity index (χ3v) is 3.01. The molecule has 21 heavy (non-hydrogen) atoms. The molecule has 7 heteroatoms. The molecule has 0 aliphatic carbocycles. The van der Waals surface area contributed by atoms with Crippen LogP contribution in [0, 0.1) is 0 Å². The fraction of sp³-hybridized carbons (Fsp3) is 0.286. The number of rotatable bonds is 5. The van der Waals surface area contributed by atoms with Gasteiger partial charge in [0.25, 0.3) is 5.91 Å². The first-order valence-corrected chi connectivity index (χ1v) is 6.86. The van der Waals surface area contributed by atoms with Crippen LogP contribution in [-0.4, -0.2) is 25.2 Å². The largest absolute Gasteiger partial charge is 0.490 e. The van der Waals surface area contributed by atoms with Crippen molar-refractivity contribution in [2.45, 2.75) is 13.8 Å². The molecule has 3 amide bonds. The van der Waals surface area contributed by atoms with Gasteiger partial charge in [0.05, 0.1) is 18.2 Å². The van der Waals surface area contributed by atoms with Gasteiger partial charge in [-0.1, -0.05) is 11.6 Å². The van der Waals surface area contributed by atoms with Crippen molar-refractivity contribution in [3.63, 3.8) is 0 Å². The van der Waals surface area contributed by atoms with Crippen LogP contribution in [0.4, 0.5) is 4.79 Å². The van der Waals surface area contributed by atoms with E-state index in [4.69, 9.17) is 21.1 Å². The summed E-state index contributed by atoms with van der Waals surface area (Å²) < 4.78 is 11.0. The molecule has 6 nitrogen and oxygen atoms in total. The second-order valence-electron chi connectivity index (χ2n) is 4.15. The minimum absolute atomic E-state index is 0.133. The number of nitrogens with one attached hydrogen (secondary N) is 2. The molecular weight excluding hydrogens is 296 g/mol. The fourth-order valence-corrected chi connectivity index (χ4v) is 2.04. The normalized spacial score (nSPS) is 15.9. The van der Waals surface area contributed by atoms with Crippen molar-refractivity contribution < 1.29 is 19.1 Å². The highest BCUT2D eigenvalue weighted by Crippen LogP contribution is 2.34. The van der Waals surface area contributed by atoms with E-state index in [-0.39, 0.29) is 5.70 Å². The van der Waals surface area contributed by atoms with E-state index in [0.717, 1.165) is 0 Å². The predicted octanol–water partition coefficient (Wildman–Crippen LogP) is 2.32. The van der Waals surface area contributed by atoms with Crippen molar-refractivity contribution >= 4 is 29.6 Å². The molecule has 1 aliphatic heterocycles. The van der Waals surface area contributed by atoms with Gasteiger partial charge in [0.1, 0.15) is 5.70 Å². The molecule has 2 N–H and O–H groups in total. The third kappa shape index (κ3) is 3.46. The van der Waals surface area contributed by atoms with Crippen LogP contribution in [-0.2, 0) is 4.79 Å². The third-order valence-electron chi connectivity index (χ3n) is 2.68. The molecule has 0 atom stereocenters. The Labute approximate surface area is 127 Å². The topological polar surface area (TPSA) is 76.7 Å². The van der Waals surface area contributed by atoms with Crippen LogP contribution in [0.2, 0.25) is 5.02 Å². The lowest BCUT2D eigenvalue weighted by atomic mass is 10.1. The highest BCUT2D eigenvalue weighted by Gasteiger charge is 2.23. The molecule has 1 aromatic carbocycles. The Morgan fingerprint density at radius 3 is 2.24 bits per heavy atom. The lowest BCUT2D eigenvalue weighted by molar-refractivity contribution is -0.115. The molecule has 0 spiro atoms. The summed E-state index contributed by atoms with van der Waals surface area (Å²) in [5.41, 5.74) is 0.685. The molecule has 1 fully saturated rings. The predicted molar refractivity (Wildman–Crippen MR) is 78.4 cm³/mol. The van der Waals surface area contributed by atoms with E-state index in [1.165, 1.54) is 6.08 Å². The average molecular weight is 311 g/mol. The van der Waals surface area contributed by atoms with Crippen molar-refractivity contribution in [2.24, 2.45) is 0 Å². The van der Waals surface area contributed by atoms with Gasteiger partial charge in [0.2, 0.25) is 0 Å². The zero-order valence-electron chi connectivity index (χ0n) is 11.7. The first kappa shape index (κ1) is 15.2. The van der Waals surface area contributed by atoms with E-state index in [2.05, 4.69) is 10.6 Å². The average Bonchev–Trinajstić information content (AvgIpc) is 2.73. The fourth-order valence-electron chi connectivity index (χ4n) is 1.84. The van der Waals surface area contributed by atoms with Gasteiger partial charge < -0.3 is 14.8 Å². The Kier molecular flexibility index (Phi) is 4.70. The first-order chi connectivity index (χ1) is 10.0. The van der Waals surface area contributed by atoms with Crippen molar-refractivity contribution in [3.05, 3.63) is 28.4 Å². The molecule has 1 aromatic rings. The molecule has 0 radical (unpaired) electrons. The molecule has 2 rings (SSSR count). The summed E-state index contributed by atoms with van der Waals surface area (Å²) in [6.45, 7) is 4.66. The SMILES string of the molecule is CCOc1cc(Cl)c(/C=C2\NC(=O)NC2=O)cc1OCC. The zero-order valence-corrected chi connectivity index (χ0v) is 12.4. The molecular formula is C14H15ClN2O4. The zero-order chi connectivity index (χ0) is 15.4. The smallest absolute Gasteiger partial charge is 0.326 e. The summed E-state index contributed by atoms with van der Waals surface area (Å²) in [4.78, 5) is 22.6. The lowest BCUT2D eigenvalue weighted by Gasteiger charge is -2.12. The van der Waals surface area contributed by atoms with Gasteiger partial charge in [-0.2, -0.15) is 0 Å². The molecule has 0 unspecified atom stereocenters. The number of urea groups is 1. The van der Waals surface area contributed by atoms with Gasteiger partial charge in [-0.25, -0.2) is 4.79 Å². The molecule has 112 valence electrons. The number of hydrogen-bond donors (Lipinski definition) is 2. The monoisotopic (exact) mass is 310 g/mol. The number of imide groups is 1. The Bertz CT molecular complexity index is 613. The summed E-state index contributed by atoms with van der Waals surface area (Å²) >= 11 is 6.18. The Hall–Kier alpha value is -2.21. The first-order valence-electron chi connectivity index (χ1n) is 6.48.